The summed E-state index contributed by atoms with van der Waals surface area (Å²) in [5, 5.41) is 0.441. The molecular formula is C13H10Br2ClNO2S. The highest BCUT2D eigenvalue weighted by molar-refractivity contribution is 9.11. The van der Waals surface area contributed by atoms with Crippen LogP contribution in [0.2, 0.25) is 5.02 Å². The highest BCUT2D eigenvalue weighted by Gasteiger charge is 2.19. The number of anilines is 1. The first-order chi connectivity index (χ1) is 9.31. The minimum absolute atomic E-state index is 0.221. The van der Waals surface area contributed by atoms with Crippen molar-refractivity contribution in [1.29, 1.82) is 0 Å². The third-order valence-corrected chi connectivity index (χ3v) is 6.03. The van der Waals surface area contributed by atoms with Crippen molar-refractivity contribution in [3.05, 3.63) is 55.9 Å². The van der Waals surface area contributed by atoms with Crippen LogP contribution >= 0.6 is 43.5 Å². The van der Waals surface area contributed by atoms with Gasteiger partial charge >= 0.3 is 0 Å². The van der Waals surface area contributed by atoms with Gasteiger partial charge in [-0.2, -0.15) is 0 Å². The monoisotopic (exact) mass is 437 g/mol. The van der Waals surface area contributed by atoms with Crippen LogP contribution in [0.15, 0.2) is 50.2 Å². The summed E-state index contributed by atoms with van der Waals surface area (Å²) >= 11 is 12.5. The van der Waals surface area contributed by atoms with Crippen molar-refractivity contribution in [1.82, 2.24) is 0 Å². The average molecular weight is 440 g/mol. The summed E-state index contributed by atoms with van der Waals surface area (Å²) < 4.78 is 28.6. The maximum Gasteiger partial charge on any atom is 0.262 e. The molecule has 0 bridgehead atoms. The number of sulfonamides is 1. The zero-order valence-corrected chi connectivity index (χ0v) is 15.1. The van der Waals surface area contributed by atoms with Crippen LogP contribution in [0.4, 0.5) is 5.69 Å². The summed E-state index contributed by atoms with van der Waals surface area (Å²) in [6.45, 7) is 1.74. The summed E-state index contributed by atoms with van der Waals surface area (Å²) in [6, 6.07) is 10.1. The van der Waals surface area contributed by atoms with E-state index in [4.69, 9.17) is 11.6 Å². The third kappa shape index (κ3) is 3.36. The average Bonchev–Trinajstić information content (AvgIpc) is 2.37. The number of halogens is 3. The van der Waals surface area contributed by atoms with Gasteiger partial charge in [-0.15, -0.1) is 0 Å². The van der Waals surface area contributed by atoms with Gasteiger partial charge in [-0.3, -0.25) is 4.72 Å². The van der Waals surface area contributed by atoms with Crippen LogP contribution in [0, 0.1) is 6.92 Å². The molecule has 106 valence electrons. The predicted molar refractivity (Wildman–Crippen MR) is 88.8 cm³/mol. The van der Waals surface area contributed by atoms with Gasteiger partial charge in [-0.25, -0.2) is 8.42 Å². The maximum absolute atomic E-state index is 12.4. The third-order valence-electron chi connectivity index (χ3n) is 2.64. The van der Waals surface area contributed by atoms with E-state index in [1.807, 2.05) is 0 Å². The van der Waals surface area contributed by atoms with E-state index in [0.29, 0.717) is 25.2 Å². The molecule has 0 aromatic heterocycles. The lowest BCUT2D eigenvalue weighted by Crippen LogP contribution is -2.14. The molecule has 2 aromatic carbocycles. The first-order valence-electron chi connectivity index (χ1n) is 5.54. The molecule has 0 aliphatic heterocycles. The smallest absolute Gasteiger partial charge is 0.262 e. The molecule has 20 heavy (non-hydrogen) atoms. The van der Waals surface area contributed by atoms with E-state index >= 15 is 0 Å². The zero-order chi connectivity index (χ0) is 14.9. The van der Waals surface area contributed by atoms with Crippen molar-refractivity contribution < 1.29 is 8.42 Å². The Bertz CT molecular complexity index is 763. The normalized spacial score (nSPS) is 11.4. The van der Waals surface area contributed by atoms with E-state index in [1.54, 1.807) is 43.3 Å². The topological polar surface area (TPSA) is 46.2 Å². The molecule has 3 nitrogen and oxygen atoms in total. The molecule has 0 aliphatic carbocycles. The second-order valence-electron chi connectivity index (χ2n) is 4.12. The lowest BCUT2D eigenvalue weighted by atomic mass is 10.2. The lowest BCUT2D eigenvalue weighted by Gasteiger charge is -2.12. The first kappa shape index (κ1) is 15.8. The maximum atomic E-state index is 12.4. The van der Waals surface area contributed by atoms with E-state index in [-0.39, 0.29) is 4.90 Å². The van der Waals surface area contributed by atoms with Crippen molar-refractivity contribution in [2.75, 3.05) is 4.72 Å². The summed E-state index contributed by atoms with van der Waals surface area (Å²) in [5.74, 6) is 0. The van der Waals surface area contributed by atoms with Gasteiger partial charge < -0.3 is 0 Å². The molecule has 2 aromatic rings. The molecule has 0 amide bonds. The molecule has 0 saturated carbocycles. The summed E-state index contributed by atoms with van der Waals surface area (Å²) in [7, 11) is -3.67. The number of aryl methyl sites for hydroxylation is 1. The largest absolute Gasteiger partial charge is 0.278 e. The van der Waals surface area contributed by atoms with E-state index in [9.17, 15) is 8.42 Å². The Hall–Kier alpha value is -0.560. The molecule has 0 heterocycles. The SMILES string of the molecule is Cc1ccc(Br)cc1S(=O)(=O)Nc1cccc(Cl)c1Br. The van der Waals surface area contributed by atoms with Crippen LogP contribution in [0.1, 0.15) is 5.56 Å². The van der Waals surface area contributed by atoms with Crippen molar-refractivity contribution in [2.24, 2.45) is 0 Å². The fourth-order valence-electron chi connectivity index (χ4n) is 1.65. The van der Waals surface area contributed by atoms with Crippen LogP contribution in [-0.4, -0.2) is 8.42 Å². The highest BCUT2D eigenvalue weighted by Crippen LogP contribution is 2.32. The first-order valence-corrected chi connectivity index (χ1v) is 8.99. The molecular weight excluding hydrogens is 429 g/mol. The molecule has 2 rings (SSSR count). The number of hydrogen-bond donors (Lipinski definition) is 1. The summed E-state index contributed by atoms with van der Waals surface area (Å²) in [5.41, 5.74) is 1.07. The number of rotatable bonds is 3. The van der Waals surface area contributed by atoms with Gasteiger partial charge in [-0.05, 0) is 52.7 Å². The Morgan fingerprint density at radius 1 is 1.15 bits per heavy atom. The van der Waals surface area contributed by atoms with Crippen LogP contribution in [-0.2, 0) is 10.0 Å². The van der Waals surface area contributed by atoms with Gasteiger partial charge in [-0.1, -0.05) is 39.7 Å². The van der Waals surface area contributed by atoms with E-state index < -0.39 is 10.0 Å². The van der Waals surface area contributed by atoms with E-state index in [2.05, 4.69) is 36.6 Å². The molecule has 0 unspecified atom stereocenters. The van der Waals surface area contributed by atoms with Crippen molar-refractivity contribution in [3.63, 3.8) is 0 Å². The highest BCUT2D eigenvalue weighted by atomic mass is 79.9. The zero-order valence-electron chi connectivity index (χ0n) is 10.3. The van der Waals surface area contributed by atoms with E-state index in [0.717, 1.165) is 0 Å². The van der Waals surface area contributed by atoms with Gasteiger partial charge in [0.2, 0.25) is 0 Å². The minimum atomic E-state index is -3.67. The standard InChI is InChI=1S/C13H10Br2ClNO2S/c1-8-5-6-9(14)7-12(8)20(18,19)17-11-4-2-3-10(16)13(11)15/h2-7,17H,1H3. The number of nitrogens with one attached hydrogen (secondary N) is 1. The Labute approximate surface area is 139 Å². The molecule has 1 N–H and O–H groups in total. The second-order valence-corrected chi connectivity index (χ2v) is 7.88. The Kier molecular flexibility index (Phi) is 4.79. The van der Waals surface area contributed by atoms with Crippen LogP contribution in [0.25, 0.3) is 0 Å². The molecule has 0 radical (unpaired) electrons. The molecule has 0 aliphatic rings. The van der Waals surface area contributed by atoms with Crippen molar-refractivity contribution in [2.45, 2.75) is 11.8 Å². The lowest BCUT2D eigenvalue weighted by molar-refractivity contribution is 0.600. The van der Waals surface area contributed by atoms with Gasteiger partial charge in [0.05, 0.1) is 20.1 Å². The van der Waals surface area contributed by atoms with E-state index in [1.165, 1.54) is 0 Å². The number of benzene rings is 2. The molecule has 0 atom stereocenters. The Morgan fingerprint density at radius 2 is 1.85 bits per heavy atom. The predicted octanol–water partition coefficient (Wildman–Crippen LogP) is 4.97. The van der Waals surface area contributed by atoms with Crippen molar-refractivity contribution >= 4 is 59.2 Å². The molecule has 0 saturated heterocycles. The Morgan fingerprint density at radius 3 is 2.55 bits per heavy atom. The quantitative estimate of drug-likeness (QED) is 0.734. The number of hydrogen-bond acceptors (Lipinski definition) is 2. The van der Waals surface area contributed by atoms with Crippen LogP contribution in [0.5, 0.6) is 0 Å². The fraction of sp³-hybridized carbons (Fsp3) is 0.0769. The fourth-order valence-corrected chi connectivity index (χ4v) is 4.17. The van der Waals surface area contributed by atoms with Gasteiger partial charge in [0, 0.05) is 4.47 Å². The molecule has 0 fully saturated rings. The van der Waals surface area contributed by atoms with Crippen LogP contribution in [0.3, 0.4) is 0 Å². The van der Waals surface area contributed by atoms with Gasteiger partial charge in [0.25, 0.3) is 10.0 Å². The molecule has 0 spiro atoms. The minimum Gasteiger partial charge on any atom is -0.278 e. The van der Waals surface area contributed by atoms with Gasteiger partial charge in [0.15, 0.2) is 0 Å². The summed E-state index contributed by atoms with van der Waals surface area (Å²) in [4.78, 5) is 0.221. The second kappa shape index (κ2) is 6.05. The van der Waals surface area contributed by atoms with Crippen molar-refractivity contribution in [3.8, 4) is 0 Å². The van der Waals surface area contributed by atoms with Crippen LogP contribution < -0.4 is 4.72 Å². The Balaban J connectivity index is 2.46. The van der Waals surface area contributed by atoms with Gasteiger partial charge in [0.1, 0.15) is 0 Å². The molecule has 7 heteroatoms. The summed E-state index contributed by atoms with van der Waals surface area (Å²) in [6.07, 6.45) is 0.